The van der Waals surface area contributed by atoms with Gasteiger partial charge in [0.15, 0.2) is 11.5 Å². The number of aromatic amines is 1. The van der Waals surface area contributed by atoms with E-state index in [9.17, 15) is 4.79 Å². The molecule has 0 spiro atoms. The Morgan fingerprint density at radius 2 is 2.06 bits per heavy atom. The fourth-order valence-corrected chi connectivity index (χ4v) is 4.72. The molecule has 1 aliphatic rings. The molecule has 5 rings (SSSR count). The summed E-state index contributed by atoms with van der Waals surface area (Å²) in [5.74, 6) is 1.62. The number of benzene rings is 1. The van der Waals surface area contributed by atoms with Crippen molar-refractivity contribution in [1.82, 2.24) is 19.4 Å². The minimum atomic E-state index is 0.0404. The number of pyridine rings is 1. The van der Waals surface area contributed by atoms with E-state index in [0.29, 0.717) is 23.7 Å². The van der Waals surface area contributed by atoms with Crippen molar-refractivity contribution in [2.24, 2.45) is 7.05 Å². The van der Waals surface area contributed by atoms with Crippen LogP contribution in [0.4, 0.5) is 0 Å². The number of hydrogen-bond donors (Lipinski definition) is 1. The number of ether oxygens (including phenoxy) is 2. The number of fused-ring (bicyclic) bond motifs is 2. The first-order valence-electron chi connectivity index (χ1n) is 10.5. The van der Waals surface area contributed by atoms with Gasteiger partial charge in [0.1, 0.15) is 5.69 Å². The van der Waals surface area contributed by atoms with E-state index >= 15 is 0 Å². The topological polar surface area (TPSA) is 72.4 Å². The number of aryl methyl sites for hydroxylation is 1. The summed E-state index contributed by atoms with van der Waals surface area (Å²) < 4.78 is 12.9. The Balaban J connectivity index is 1.45. The molecular weight excluding hydrogens is 392 g/mol. The predicted octanol–water partition coefficient (Wildman–Crippen LogP) is 4.09. The number of methoxy groups -OCH3 is 2. The first kappa shape index (κ1) is 19.5. The van der Waals surface area contributed by atoms with Crippen LogP contribution in [0, 0.1) is 0 Å². The van der Waals surface area contributed by atoms with Crippen LogP contribution in [0.15, 0.2) is 42.6 Å². The Labute approximate surface area is 180 Å². The highest BCUT2D eigenvalue weighted by Crippen LogP contribution is 2.37. The van der Waals surface area contributed by atoms with Crippen LogP contribution >= 0.6 is 0 Å². The number of amides is 1. The summed E-state index contributed by atoms with van der Waals surface area (Å²) in [6.45, 7) is 1.45. The number of carbonyl (C=O) groups is 1. The lowest BCUT2D eigenvalue weighted by atomic mass is 9.94. The van der Waals surface area contributed by atoms with Gasteiger partial charge in [-0.3, -0.25) is 9.78 Å². The number of aromatic nitrogens is 3. The number of rotatable bonds is 4. The highest BCUT2D eigenvalue weighted by molar-refractivity contribution is 6.01. The van der Waals surface area contributed by atoms with Gasteiger partial charge in [-0.15, -0.1) is 0 Å². The van der Waals surface area contributed by atoms with Crippen LogP contribution in [0.2, 0.25) is 0 Å². The lowest BCUT2D eigenvalue weighted by Gasteiger charge is -2.32. The van der Waals surface area contributed by atoms with Gasteiger partial charge in [-0.1, -0.05) is 0 Å². The number of nitrogens with zero attached hydrogens (tertiary/aromatic N) is 3. The molecular formula is C24H26N4O3. The van der Waals surface area contributed by atoms with Gasteiger partial charge in [0.25, 0.3) is 5.91 Å². The lowest BCUT2D eigenvalue weighted by molar-refractivity contribution is 0.0697. The highest BCUT2D eigenvalue weighted by Gasteiger charge is 2.29. The Morgan fingerprint density at radius 1 is 1.19 bits per heavy atom. The molecule has 31 heavy (non-hydrogen) atoms. The minimum Gasteiger partial charge on any atom is -0.493 e. The maximum Gasteiger partial charge on any atom is 0.270 e. The third-order valence-corrected chi connectivity index (χ3v) is 6.34. The molecule has 1 fully saturated rings. The Kier molecular flexibility index (Phi) is 4.81. The van der Waals surface area contributed by atoms with E-state index in [1.165, 1.54) is 0 Å². The van der Waals surface area contributed by atoms with E-state index in [4.69, 9.17) is 9.47 Å². The van der Waals surface area contributed by atoms with Crippen LogP contribution in [-0.4, -0.2) is 52.7 Å². The molecule has 1 aromatic carbocycles. The second kappa shape index (κ2) is 7.65. The number of hydrogen-bond acceptors (Lipinski definition) is 4. The molecule has 1 unspecified atom stereocenters. The summed E-state index contributed by atoms with van der Waals surface area (Å²) in [6.07, 6.45) is 3.83. The van der Waals surface area contributed by atoms with E-state index in [0.717, 1.165) is 47.0 Å². The zero-order chi connectivity index (χ0) is 21.5. The number of likely N-dealkylation sites (tertiary alicyclic amines) is 1. The third kappa shape index (κ3) is 3.21. The van der Waals surface area contributed by atoms with Crippen LogP contribution < -0.4 is 9.47 Å². The summed E-state index contributed by atoms with van der Waals surface area (Å²) in [5, 5.41) is 0.878. The van der Waals surface area contributed by atoms with Crippen molar-refractivity contribution in [3.8, 4) is 11.5 Å². The van der Waals surface area contributed by atoms with Gasteiger partial charge >= 0.3 is 0 Å². The molecule has 0 radical (unpaired) electrons. The summed E-state index contributed by atoms with van der Waals surface area (Å²) >= 11 is 0. The zero-order valence-electron chi connectivity index (χ0n) is 18.0. The van der Waals surface area contributed by atoms with Gasteiger partial charge in [0, 0.05) is 43.3 Å². The first-order valence-corrected chi connectivity index (χ1v) is 10.5. The molecule has 0 aliphatic carbocycles. The average Bonchev–Trinajstić information content (AvgIpc) is 3.39. The molecule has 1 saturated heterocycles. The quantitative estimate of drug-likeness (QED) is 0.542. The molecule has 160 valence electrons. The monoisotopic (exact) mass is 418 g/mol. The van der Waals surface area contributed by atoms with Crippen LogP contribution in [0.3, 0.4) is 0 Å². The third-order valence-electron chi connectivity index (χ3n) is 6.34. The van der Waals surface area contributed by atoms with E-state index in [1.54, 1.807) is 20.4 Å². The lowest BCUT2D eigenvalue weighted by Crippen LogP contribution is -2.39. The smallest absolute Gasteiger partial charge is 0.270 e. The van der Waals surface area contributed by atoms with Gasteiger partial charge in [-0.25, -0.2) is 0 Å². The predicted molar refractivity (Wildman–Crippen MR) is 120 cm³/mol. The molecule has 3 aromatic heterocycles. The number of piperidine rings is 1. The molecule has 4 aromatic rings. The van der Waals surface area contributed by atoms with Crippen molar-refractivity contribution in [2.45, 2.75) is 18.8 Å². The second-order valence-corrected chi connectivity index (χ2v) is 8.07. The zero-order valence-corrected chi connectivity index (χ0v) is 18.0. The van der Waals surface area contributed by atoms with Crippen molar-refractivity contribution in [2.75, 3.05) is 27.3 Å². The largest absolute Gasteiger partial charge is 0.493 e. The van der Waals surface area contributed by atoms with E-state index < -0.39 is 0 Å². The van der Waals surface area contributed by atoms with Crippen molar-refractivity contribution in [1.29, 1.82) is 0 Å². The van der Waals surface area contributed by atoms with Crippen LogP contribution in [0.25, 0.3) is 21.9 Å². The maximum absolute atomic E-state index is 13.5. The molecule has 4 heterocycles. The van der Waals surface area contributed by atoms with Crippen LogP contribution in [-0.2, 0) is 7.05 Å². The summed E-state index contributed by atoms with van der Waals surface area (Å²) in [6, 6.07) is 11.8. The summed E-state index contributed by atoms with van der Waals surface area (Å²) in [7, 11) is 5.16. The number of nitrogens with one attached hydrogen (secondary N) is 1. The van der Waals surface area contributed by atoms with E-state index in [-0.39, 0.29) is 11.8 Å². The van der Waals surface area contributed by atoms with Crippen molar-refractivity contribution >= 4 is 27.8 Å². The average molecular weight is 418 g/mol. The van der Waals surface area contributed by atoms with Gasteiger partial charge < -0.3 is 23.9 Å². The fraction of sp³-hybridized carbons (Fsp3) is 0.333. The highest BCUT2D eigenvalue weighted by atomic mass is 16.5. The first-order chi connectivity index (χ1) is 15.1. The van der Waals surface area contributed by atoms with E-state index in [1.807, 2.05) is 46.8 Å². The van der Waals surface area contributed by atoms with Crippen LogP contribution in [0.5, 0.6) is 11.5 Å². The van der Waals surface area contributed by atoms with E-state index in [2.05, 4.69) is 16.0 Å². The molecule has 0 saturated carbocycles. The Morgan fingerprint density at radius 3 is 2.84 bits per heavy atom. The van der Waals surface area contributed by atoms with Crippen LogP contribution in [0.1, 0.15) is 34.9 Å². The van der Waals surface area contributed by atoms with Gasteiger partial charge in [-0.05, 0) is 49.2 Å². The molecule has 1 amide bonds. The standard InChI is InChI=1S/C24H26N4O3/c1-27-20-8-9-22(30-2)23(31-3)16(20)12-21(27)24(29)28-11-5-6-15(14-28)18-13-19-17(26-18)7-4-10-25-19/h4,7-10,12-13,15,26H,5-6,11,14H2,1-3H3. The molecule has 1 atom stereocenters. The van der Waals surface area contributed by atoms with Gasteiger partial charge in [0.05, 0.1) is 30.8 Å². The van der Waals surface area contributed by atoms with Gasteiger partial charge in [-0.2, -0.15) is 0 Å². The Hall–Kier alpha value is -3.48. The number of H-pyrrole nitrogens is 1. The number of carbonyl (C=O) groups excluding carboxylic acids is 1. The molecule has 7 nitrogen and oxygen atoms in total. The SMILES string of the molecule is COc1ccc2c(cc(C(=O)N3CCCC(c4cc5ncccc5[nH]4)C3)n2C)c1OC. The fourth-order valence-electron chi connectivity index (χ4n) is 4.72. The second-order valence-electron chi connectivity index (χ2n) is 8.07. The normalized spacial score (nSPS) is 16.7. The van der Waals surface area contributed by atoms with Crippen molar-refractivity contribution in [3.63, 3.8) is 0 Å². The molecule has 7 heteroatoms. The maximum atomic E-state index is 13.5. The van der Waals surface area contributed by atoms with Gasteiger partial charge in [0.2, 0.25) is 0 Å². The molecule has 1 N–H and O–H groups in total. The van der Waals surface area contributed by atoms with Crippen molar-refractivity contribution in [3.05, 3.63) is 54.0 Å². The Bertz CT molecular complexity index is 1240. The summed E-state index contributed by atoms with van der Waals surface area (Å²) in [4.78, 5) is 23.4. The summed E-state index contributed by atoms with van der Waals surface area (Å²) in [5.41, 5.74) is 4.75. The minimum absolute atomic E-state index is 0.0404. The molecule has 0 bridgehead atoms. The molecule has 1 aliphatic heterocycles. The van der Waals surface area contributed by atoms with Crippen molar-refractivity contribution < 1.29 is 14.3 Å².